The van der Waals surface area contributed by atoms with Crippen molar-refractivity contribution >= 4 is 0 Å². The van der Waals surface area contributed by atoms with Gasteiger partial charge in [0.05, 0.1) is 13.2 Å². The summed E-state index contributed by atoms with van der Waals surface area (Å²) >= 11 is 0. The standard InChI is InChI=1S/C21H34N2O2/c1-16(19-8-4-5-9-21(19)24-3)13-22-20-10-11-23(14-17(20)2)15-18-7-6-12-25-18/h4-5,8-9,16-18,20,22H,6-7,10-15H2,1-3H3/t16-,17+,18-,20-/m1/s1. The quantitative estimate of drug-likeness (QED) is 0.821. The van der Waals surface area contributed by atoms with Crippen LogP contribution >= 0.6 is 0 Å². The molecular formula is C21H34N2O2. The summed E-state index contributed by atoms with van der Waals surface area (Å²) in [6.45, 7) is 10.1. The molecule has 0 aliphatic carbocycles. The Kier molecular flexibility index (Phi) is 6.74. The molecule has 1 N–H and O–H groups in total. The van der Waals surface area contributed by atoms with Crippen LogP contribution in [0.3, 0.4) is 0 Å². The minimum atomic E-state index is 0.452. The van der Waals surface area contributed by atoms with E-state index in [2.05, 4.69) is 42.3 Å². The Balaban J connectivity index is 1.45. The van der Waals surface area contributed by atoms with E-state index in [0.29, 0.717) is 24.0 Å². The van der Waals surface area contributed by atoms with Crippen molar-refractivity contribution in [1.29, 1.82) is 0 Å². The molecule has 0 spiro atoms. The molecule has 4 heteroatoms. The number of nitrogens with zero attached hydrogens (tertiary/aromatic N) is 1. The zero-order chi connectivity index (χ0) is 17.6. The second kappa shape index (κ2) is 9.02. The molecule has 1 aromatic rings. The molecule has 2 aliphatic heterocycles. The Morgan fingerprint density at radius 3 is 2.88 bits per heavy atom. The molecule has 0 aromatic heterocycles. The Morgan fingerprint density at radius 2 is 2.16 bits per heavy atom. The first-order valence-corrected chi connectivity index (χ1v) is 9.87. The fourth-order valence-electron chi connectivity index (χ4n) is 4.29. The highest BCUT2D eigenvalue weighted by atomic mass is 16.5. The third kappa shape index (κ3) is 4.96. The van der Waals surface area contributed by atoms with E-state index in [4.69, 9.17) is 9.47 Å². The number of ether oxygens (including phenoxy) is 2. The van der Waals surface area contributed by atoms with E-state index < -0.39 is 0 Å². The maximum atomic E-state index is 5.80. The largest absolute Gasteiger partial charge is 0.496 e. The average molecular weight is 347 g/mol. The zero-order valence-electron chi connectivity index (χ0n) is 16.0. The number of rotatable bonds is 7. The third-order valence-corrected chi connectivity index (χ3v) is 5.83. The SMILES string of the molecule is COc1ccccc1[C@H](C)CN[C@@H]1CCN(C[C@H]2CCCO2)C[C@@H]1C. The molecule has 2 saturated heterocycles. The first-order valence-electron chi connectivity index (χ1n) is 9.87. The van der Waals surface area contributed by atoms with Crippen LogP contribution in [0.1, 0.15) is 44.6 Å². The lowest BCUT2D eigenvalue weighted by Gasteiger charge is -2.38. The fraction of sp³-hybridized carbons (Fsp3) is 0.714. The molecule has 25 heavy (non-hydrogen) atoms. The number of nitrogens with one attached hydrogen (secondary N) is 1. The predicted octanol–water partition coefficient (Wildman–Crippen LogP) is 3.28. The van der Waals surface area contributed by atoms with E-state index in [1.165, 1.54) is 37.9 Å². The molecule has 0 amide bonds. The van der Waals surface area contributed by atoms with Crippen LogP contribution in [0.5, 0.6) is 5.75 Å². The van der Waals surface area contributed by atoms with Gasteiger partial charge in [-0.15, -0.1) is 0 Å². The van der Waals surface area contributed by atoms with E-state index in [9.17, 15) is 0 Å². The molecular weight excluding hydrogens is 312 g/mol. The number of likely N-dealkylation sites (tertiary alicyclic amines) is 1. The number of hydrogen-bond acceptors (Lipinski definition) is 4. The van der Waals surface area contributed by atoms with E-state index >= 15 is 0 Å². The van der Waals surface area contributed by atoms with Crippen molar-refractivity contribution in [3.8, 4) is 5.75 Å². The first kappa shape index (κ1) is 18.7. The molecule has 4 nitrogen and oxygen atoms in total. The normalized spacial score (nSPS) is 28.8. The lowest BCUT2D eigenvalue weighted by molar-refractivity contribution is 0.0513. The van der Waals surface area contributed by atoms with Crippen LogP contribution < -0.4 is 10.1 Å². The van der Waals surface area contributed by atoms with Crippen molar-refractivity contribution < 1.29 is 9.47 Å². The summed E-state index contributed by atoms with van der Waals surface area (Å²) in [4.78, 5) is 2.60. The van der Waals surface area contributed by atoms with Crippen LogP contribution in [0.25, 0.3) is 0 Å². The fourth-order valence-corrected chi connectivity index (χ4v) is 4.29. The van der Waals surface area contributed by atoms with Gasteiger partial charge < -0.3 is 19.7 Å². The van der Waals surface area contributed by atoms with Crippen molar-refractivity contribution in [3.05, 3.63) is 29.8 Å². The van der Waals surface area contributed by atoms with Gasteiger partial charge in [0.25, 0.3) is 0 Å². The topological polar surface area (TPSA) is 33.7 Å². The summed E-state index contributed by atoms with van der Waals surface area (Å²) in [7, 11) is 1.75. The van der Waals surface area contributed by atoms with Crippen LogP contribution in [-0.2, 0) is 4.74 Å². The molecule has 0 bridgehead atoms. The molecule has 2 fully saturated rings. The molecule has 2 heterocycles. The van der Waals surface area contributed by atoms with Gasteiger partial charge in [0, 0.05) is 32.3 Å². The molecule has 140 valence electrons. The van der Waals surface area contributed by atoms with Crippen LogP contribution in [-0.4, -0.2) is 56.9 Å². The number of para-hydroxylation sites is 1. The van der Waals surface area contributed by atoms with Crippen LogP contribution in [0, 0.1) is 5.92 Å². The summed E-state index contributed by atoms with van der Waals surface area (Å²) in [5.74, 6) is 2.13. The zero-order valence-corrected chi connectivity index (χ0v) is 16.0. The summed E-state index contributed by atoms with van der Waals surface area (Å²) in [5.41, 5.74) is 1.29. The number of methoxy groups -OCH3 is 1. The maximum absolute atomic E-state index is 5.80. The molecule has 0 unspecified atom stereocenters. The molecule has 0 saturated carbocycles. The van der Waals surface area contributed by atoms with Gasteiger partial charge in [-0.05, 0) is 49.3 Å². The van der Waals surface area contributed by atoms with Crippen molar-refractivity contribution in [2.24, 2.45) is 5.92 Å². The second-order valence-corrected chi connectivity index (χ2v) is 7.82. The Bertz CT molecular complexity index is 530. The average Bonchev–Trinajstić information content (AvgIpc) is 3.13. The van der Waals surface area contributed by atoms with Crippen molar-refractivity contribution in [3.63, 3.8) is 0 Å². The number of hydrogen-bond donors (Lipinski definition) is 1. The van der Waals surface area contributed by atoms with Crippen LogP contribution in [0.4, 0.5) is 0 Å². The van der Waals surface area contributed by atoms with Gasteiger partial charge in [0.2, 0.25) is 0 Å². The Morgan fingerprint density at radius 1 is 1.32 bits per heavy atom. The van der Waals surface area contributed by atoms with Crippen LogP contribution in [0.2, 0.25) is 0 Å². The summed E-state index contributed by atoms with van der Waals surface area (Å²) in [5, 5.41) is 3.82. The highest BCUT2D eigenvalue weighted by molar-refractivity contribution is 5.36. The molecule has 3 rings (SSSR count). The summed E-state index contributed by atoms with van der Waals surface area (Å²) < 4.78 is 11.3. The van der Waals surface area contributed by atoms with E-state index in [0.717, 1.165) is 25.4 Å². The van der Waals surface area contributed by atoms with Gasteiger partial charge in [0.15, 0.2) is 0 Å². The van der Waals surface area contributed by atoms with Crippen molar-refractivity contribution in [1.82, 2.24) is 10.2 Å². The predicted molar refractivity (Wildman–Crippen MR) is 102 cm³/mol. The highest BCUT2D eigenvalue weighted by Crippen LogP contribution is 2.26. The lowest BCUT2D eigenvalue weighted by Crippen LogP contribution is -2.50. The molecule has 0 radical (unpaired) electrons. The minimum Gasteiger partial charge on any atom is -0.496 e. The van der Waals surface area contributed by atoms with Gasteiger partial charge in [-0.3, -0.25) is 0 Å². The maximum Gasteiger partial charge on any atom is 0.122 e. The third-order valence-electron chi connectivity index (χ3n) is 5.83. The number of benzene rings is 1. The Labute approximate surface area is 152 Å². The highest BCUT2D eigenvalue weighted by Gasteiger charge is 2.28. The van der Waals surface area contributed by atoms with Crippen molar-refractivity contribution in [2.75, 3.05) is 39.9 Å². The van der Waals surface area contributed by atoms with Gasteiger partial charge in [-0.25, -0.2) is 0 Å². The summed E-state index contributed by atoms with van der Waals surface area (Å²) in [6.07, 6.45) is 4.18. The Hall–Kier alpha value is -1.10. The molecule has 4 atom stereocenters. The van der Waals surface area contributed by atoms with E-state index in [1.54, 1.807) is 7.11 Å². The lowest BCUT2D eigenvalue weighted by atomic mass is 9.92. The van der Waals surface area contributed by atoms with Crippen molar-refractivity contribution in [2.45, 2.75) is 51.2 Å². The van der Waals surface area contributed by atoms with E-state index in [-0.39, 0.29) is 0 Å². The number of piperidine rings is 1. The summed E-state index contributed by atoms with van der Waals surface area (Å²) in [6, 6.07) is 8.98. The van der Waals surface area contributed by atoms with Gasteiger partial charge in [0.1, 0.15) is 5.75 Å². The first-order chi connectivity index (χ1) is 12.2. The monoisotopic (exact) mass is 346 g/mol. The molecule has 2 aliphatic rings. The van der Waals surface area contributed by atoms with Gasteiger partial charge >= 0.3 is 0 Å². The smallest absolute Gasteiger partial charge is 0.122 e. The second-order valence-electron chi connectivity index (χ2n) is 7.82. The van der Waals surface area contributed by atoms with E-state index in [1.807, 2.05) is 6.07 Å². The van der Waals surface area contributed by atoms with Gasteiger partial charge in [-0.2, -0.15) is 0 Å². The van der Waals surface area contributed by atoms with Gasteiger partial charge in [-0.1, -0.05) is 32.0 Å². The minimum absolute atomic E-state index is 0.452. The van der Waals surface area contributed by atoms with Crippen LogP contribution in [0.15, 0.2) is 24.3 Å². The molecule has 1 aromatic carbocycles.